The van der Waals surface area contributed by atoms with Gasteiger partial charge in [0.15, 0.2) is 0 Å². The van der Waals surface area contributed by atoms with E-state index in [4.69, 9.17) is 14.5 Å². The molecule has 3 fully saturated rings. The standard InChI is InChI=1S/C24H32N4O3/c1-15(2)25-24(29)31-14-19-11-18-9-10-28(19)13-21(18)23-12-22(26-16(3)27-23)17-5-7-20(30-4)8-6-17/h5-8,12,15,18-19,21H,9-11,13-14H2,1-4H3,(H,25,29). The van der Waals surface area contributed by atoms with Crippen molar-refractivity contribution in [3.8, 4) is 17.0 Å². The third-order valence-electron chi connectivity index (χ3n) is 6.32. The molecule has 0 aliphatic carbocycles. The van der Waals surface area contributed by atoms with Crippen molar-refractivity contribution in [2.45, 2.75) is 51.6 Å². The Hall–Kier alpha value is -2.67. The van der Waals surface area contributed by atoms with Crippen molar-refractivity contribution in [1.82, 2.24) is 20.2 Å². The van der Waals surface area contributed by atoms with Crippen LogP contribution >= 0.6 is 0 Å². The predicted molar refractivity (Wildman–Crippen MR) is 119 cm³/mol. The van der Waals surface area contributed by atoms with Crippen LogP contribution in [0.1, 0.15) is 44.1 Å². The van der Waals surface area contributed by atoms with Crippen LogP contribution in [0, 0.1) is 12.8 Å². The second-order valence-corrected chi connectivity index (χ2v) is 8.89. The van der Waals surface area contributed by atoms with Gasteiger partial charge in [0.1, 0.15) is 18.2 Å². The molecule has 4 unspecified atom stereocenters. The van der Waals surface area contributed by atoms with Crippen LogP contribution in [-0.4, -0.2) is 59.9 Å². The van der Waals surface area contributed by atoms with Crippen LogP contribution in [0.5, 0.6) is 5.75 Å². The highest BCUT2D eigenvalue weighted by molar-refractivity contribution is 5.67. The largest absolute Gasteiger partial charge is 0.497 e. The molecule has 5 rings (SSSR count). The molecular weight excluding hydrogens is 392 g/mol. The Morgan fingerprint density at radius 3 is 2.68 bits per heavy atom. The number of rotatable bonds is 6. The van der Waals surface area contributed by atoms with Gasteiger partial charge in [0.25, 0.3) is 0 Å². The molecule has 0 saturated carbocycles. The minimum Gasteiger partial charge on any atom is -0.497 e. The first-order chi connectivity index (χ1) is 14.9. The molecule has 2 aromatic rings. The molecule has 7 heteroatoms. The summed E-state index contributed by atoms with van der Waals surface area (Å²) in [6, 6.07) is 10.5. The number of hydrogen-bond donors (Lipinski definition) is 1. The van der Waals surface area contributed by atoms with E-state index in [1.54, 1.807) is 7.11 Å². The van der Waals surface area contributed by atoms with Gasteiger partial charge in [-0.2, -0.15) is 0 Å². The number of piperidine rings is 3. The van der Waals surface area contributed by atoms with Gasteiger partial charge < -0.3 is 14.8 Å². The van der Waals surface area contributed by atoms with Gasteiger partial charge in [0, 0.05) is 35.8 Å². The molecule has 3 aliphatic heterocycles. The fourth-order valence-electron chi connectivity index (χ4n) is 4.79. The van der Waals surface area contributed by atoms with Gasteiger partial charge >= 0.3 is 6.09 Å². The molecule has 1 N–H and O–H groups in total. The maximum atomic E-state index is 11.9. The lowest BCUT2D eigenvalue weighted by atomic mass is 9.74. The topological polar surface area (TPSA) is 76.6 Å². The summed E-state index contributed by atoms with van der Waals surface area (Å²) in [6.45, 7) is 8.27. The number of hydrogen-bond acceptors (Lipinski definition) is 6. The Kier molecular flexibility index (Phi) is 6.41. The van der Waals surface area contributed by atoms with Gasteiger partial charge in [-0.25, -0.2) is 14.8 Å². The third kappa shape index (κ3) is 4.98. The molecule has 3 saturated heterocycles. The normalized spacial score (nSPS) is 24.8. The van der Waals surface area contributed by atoms with Gasteiger partial charge in [-0.1, -0.05) is 0 Å². The molecule has 4 atom stereocenters. The minimum absolute atomic E-state index is 0.0842. The first kappa shape index (κ1) is 21.6. The fourth-order valence-corrected chi connectivity index (χ4v) is 4.79. The second-order valence-electron chi connectivity index (χ2n) is 8.89. The van der Waals surface area contributed by atoms with Gasteiger partial charge in [-0.05, 0) is 76.4 Å². The molecule has 1 amide bonds. The smallest absolute Gasteiger partial charge is 0.407 e. The highest BCUT2D eigenvalue weighted by atomic mass is 16.5. The van der Waals surface area contributed by atoms with Gasteiger partial charge in [-0.3, -0.25) is 4.90 Å². The van der Waals surface area contributed by atoms with Crippen molar-refractivity contribution in [2.24, 2.45) is 5.92 Å². The SMILES string of the molecule is COc1ccc(-c2cc(C3CN4CCC3CC4COC(=O)NC(C)C)nc(C)n2)cc1. The molecule has 1 aromatic heterocycles. The molecule has 2 bridgehead atoms. The van der Waals surface area contributed by atoms with Gasteiger partial charge in [0.05, 0.1) is 12.8 Å². The highest BCUT2D eigenvalue weighted by Gasteiger charge is 2.41. The molecule has 7 nitrogen and oxygen atoms in total. The van der Waals surface area contributed by atoms with E-state index in [-0.39, 0.29) is 18.2 Å². The number of carbonyl (C=O) groups is 1. The van der Waals surface area contributed by atoms with Crippen LogP contribution in [-0.2, 0) is 4.74 Å². The van der Waals surface area contributed by atoms with E-state index in [1.165, 1.54) is 0 Å². The van der Waals surface area contributed by atoms with E-state index in [0.717, 1.165) is 54.5 Å². The van der Waals surface area contributed by atoms with Crippen LogP contribution in [0.15, 0.2) is 30.3 Å². The Labute approximate surface area is 184 Å². The summed E-state index contributed by atoms with van der Waals surface area (Å²) < 4.78 is 10.7. The number of nitrogens with zero attached hydrogens (tertiary/aromatic N) is 3. The molecular formula is C24H32N4O3. The number of fused-ring (bicyclic) bond motifs is 3. The summed E-state index contributed by atoms with van der Waals surface area (Å²) in [7, 11) is 1.67. The van der Waals surface area contributed by atoms with Crippen molar-refractivity contribution in [3.05, 3.63) is 41.9 Å². The van der Waals surface area contributed by atoms with E-state index < -0.39 is 0 Å². The Morgan fingerprint density at radius 2 is 2.03 bits per heavy atom. The summed E-state index contributed by atoms with van der Waals surface area (Å²) in [4.78, 5) is 23.8. The van der Waals surface area contributed by atoms with Crippen molar-refractivity contribution in [2.75, 3.05) is 26.8 Å². The lowest BCUT2D eigenvalue weighted by Crippen LogP contribution is -2.54. The van der Waals surface area contributed by atoms with Crippen molar-refractivity contribution in [3.63, 3.8) is 0 Å². The Bertz CT molecular complexity index is 916. The van der Waals surface area contributed by atoms with Crippen LogP contribution in [0.3, 0.4) is 0 Å². The summed E-state index contributed by atoms with van der Waals surface area (Å²) in [5, 5.41) is 2.79. The fraction of sp³-hybridized carbons (Fsp3) is 0.542. The molecule has 1 aromatic carbocycles. The lowest BCUT2D eigenvalue weighted by Gasteiger charge is -2.49. The van der Waals surface area contributed by atoms with E-state index >= 15 is 0 Å². The number of alkyl carbamates (subject to hydrolysis) is 1. The van der Waals surface area contributed by atoms with Crippen LogP contribution in [0.25, 0.3) is 11.3 Å². The number of aromatic nitrogens is 2. The first-order valence-corrected chi connectivity index (χ1v) is 11.1. The van der Waals surface area contributed by atoms with E-state index in [0.29, 0.717) is 18.4 Å². The highest BCUT2D eigenvalue weighted by Crippen LogP contribution is 2.42. The monoisotopic (exact) mass is 424 g/mol. The van der Waals surface area contributed by atoms with Gasteiger partial charge in [0.2, 0.25) is 0 Å². The first-order valence-electron chi connectivity index (χ1n) is 11.1. The number of methoxy groups -OCH3 is 1. The molecule has 3 aliphatic rings. The van der Waals surface area contributed by atoms with Crippen LogP contribution in [0.4, 0.5) is 4.79 Å². The summed E-state index contributed by atoms with van der Waals surface area (Å²) in [6.07, 6.45) is 1.85. The molecule has 0 spiro atoms. The van der Waals surface area contributed by atoms with E-state index in [9.17, 15) is 4.79 Å². The predicted octanol–water partition coefficient (Wildman–Crippen LogP) is 3.77. The number of ether oxygens (including phenoxy) is 2. The summed E-state index contributed by atoms with van der Waals surface area (Å²) >= 11 is 0. The van der Waals surface area contributed by atoms with Crippen LogP contribution < -0.4 is 10.1 Å². The molecule has 166 valence electrons. The maximum Gasteiger partial charge on any atom is 0.407 e. The van der Waals surface area contributed by atoms with E-state index in [1.807, 2.05) is 45.0 Å². The number of benzene rings is 1. The van der Waals surface area contributed by atoms with Crippen LogP contribution in [0.2, 0.25) is 0 Å². The number of aryl methyl sites for hydroxylation is 1. The number of nitrogens with one attached hydrogen (secondary N) is 1. The maximum absolute atomic E-state index is 11.9. The third-order valence-corrected chi connectivity index (χ3v) is 6.32. The van der Waals surface area contributed by atoms with Crippen molar-refractivity contribution in [1.29, 1.82) is 0 Å². The average molecular weight is 425 g/mol. The molecule has 4 heterocycles. The van der Waals surface area contributed by atoms with E-state index in [2.05, 4.69) is 21.3 Å². The minimum atomic E-state index is -0.329. The second kappa shape index (κ2) is 9.22. The number of amides is 1. The Balaban J connectivity index is 1.46. The average Bonchev–Trinajstić information content (AvgIpc) is 2.77. The van der Waals surface area contributed by atoms with Crippen molar-refractivity contribution >= 4 is 6.09 Å². The van der Waals surface area contributed by atoms with Gasteiger partial charge in [-0.15, -0.1) is 0 Å². The number of carbonyl (C=O) groups excluding carboxylic acids is 1. The zero-order valence-electron chi connectivity index (χ0n) is 18.8. The lowest BCUT2D eigenvalue weighted by molar-refractivity contribution is -0.00373. The van der Waals surface area contributed by atoms with Crippen molar-refractivity contribution < 1.29 is 14.3 Å². The summed E-state index contributed by atoms with van der Waals surface area (Å²) in [5.74, 6) is 2.56. The zero-order valence-corrected chi connectivity index (χ0v) is 18.8. The quantitative estimate of drug-likeness (QED) is 0.761. The molecule has 0 radical (unpaired) electrons. The Morgan fingerprint density at radius 1 is 1.26 bits per heavy atom. The molecule has 31 heavy (non-hydrogen) atoms. The summed E-state index contributed by atoms with van der Waals surface area (Å²) in [5.41, 5.74) is 3.13. The zero-order chi connectivity index (χ0) is 22.0.